The number of imide groups is 1. The highest BCUT2D eigenvalue weighted by atomic mass is 19.4. The van der Waals surface area contributed by atoms with Gasteiger partial charge in [0.05, 0.1) is 6.04 Å². The minimum absolute atomic E-state index is 0.313. The molecule has 0 aromatic heterocycles. The second kappa shape index (κ2) is 7.17. The van der Waals surface area contributed by atoms with Crippen molar-refractivity contribution in [2.45, 2.75) is 32.2 Å². The Bertz CT molecular complexity index is 297. The zero-order valence-electron chi connectivity index (χ0n) is 9.97. The van der Waals surface area contributed by atoms with Crippen molar-refractivity contribution in [1.82, 2.24) is 16.0 Å². The molecule has 6 nitrogen and oxygen atoms in total. The largest absolute Gasteiger partial charge is 0.415 e. The third-order valence-electron chi connectivity index (χ3n) is 1.96. The summed E-state index contributed by atoms with van der Waals surface area (Å²) in [4.78, 5) is 22.2. The van der Waals surface area contributed by atoms with Crippen LogP contribution in [0.25, 0.3) is 0 Å². The molecule has 0 aliphatic rings. The number of amides is 3. The molecule has 0 rings (SSSR count). The lowest BCUT2D eigenvalue weighted by atomic mass is 10.2. The first kappa shape index (κ1) is 16.6. The molecule has 0 saturated carbocycles. The van der Waals surface area contributed by atoms with Gasteiger partial charge in [0.15, 0.2) is 6.10 Å². The van der Waals surface area contributed by atoms with Gasteiger partial charge in [-0.15, -0.1) is 0 Å². The molecule has 0 saturated heterocycles. The van der Waals surface area contributed by atoms with Crippen LogP contribution in [0.4, 0.5) is 18.0 Å². The number of carbonyl (C=O) groups is 2. The molecule has 0 aromatic carbocycles. The molecule has 4 N–H and O–H groups in total. The van der Waals surface area contributed by atoms with Crippen LogP contribution in [0.15, 0.2) is 0 Å². The summed E-state index contributed by atoms with van der Waals surface area (Å²) < 4.78 is 35.9. The number of hydrogen-bond donors (Lipinski definition) is 4. The second-order valence-corrected chi connectivity index (χ2v) is 3.54. The van der Waals surface area contributed by atoms with E-state index in [9.17, 15) is 22.8 Å². The maximum absolute atomic E-state index is 12.0. The van der Waals surface area contributed by atoms with E-state index in [-0.39, 0.29) is 0 Å². The molecule has 0 heterocycles. The van der Waals surface area contributed by atoms with Crippen molar-refractivity contribution in [2.24, 2.45) is 0 Å². The van der Waals surface area contributed by atoms with Crippen molar-refractivity contribution >= 4 is 11.9 Å². The molecular weight excluding hydrogens is 255 g/mol. The Hall–Kier alpha value is -1.35. The van der Waals surface area contributed by atoms with Crippen molar-refractivity contribution in [1.29, 1.82) is 0 Å². The molecular formula is C9H16F3N3O3. The summed E-state index contributed by atoms with van der Waals surface area (Å²) in [7, 11) is 0. The zero-order valence-corrected chi connectivity index (χ0v) is 9.97. The Morgan fingerprint density at radius 3 is 2.33 bits per heavy atom. The van der Waals surface area contributed by atoms with Gasteiger partial charge < -0.3 is 15.7 Å². The topological polar surface area (TPSA) is 90.5 Å². The maximum Gasteiger partial charge on any atom is 0.415 e. The van der Waals surface area contributed by atoms with E-state index < -0.39 is 36.8 Å². The first-order valence-corrected chi connectivity index (χ1v) is 5.25. The number of aliphatic hydroxyl groups is 1. The van der Waals surface area contributed by atoms with E-state index >= 15 is 0 Å². The highest BCUT2D eigenvalue weighted by molar-refractivity contribution is 5.96. The van der Waals surface area contributed by atoms with Gasteiger partial charge >= 0.3 is 12.2 Å². The van der Waals surface area contributed by atoms with Crippen molar-refractivity contribution in [3.8, 4) is 0 Å². The lowest BCUT2D eigenvalue weighted by Crippen LogP contribution is -2.50. The fraction of sp³-hybridized carbons (Fsp3) is 0.778. The van der Waals surface area contributed by atoms with Gasteiger partial charge in [0.2, 0.25) is 5.91 Å². The van der Waals surface area contributed by atoms with Crippen LogP contribution in [0.2, 0.25) is 0 Å². The number of aliphatic hydroxyl groups excluding tert-OH is 1. The van der Waals surface area contributed by atoms with Crippen molar-refractivity contribution in [3.05, 3.63) is 0 Å². The average Bonchev–Trinajstić information content (AvgIpc) is 2.23. The lowest BCUT2D eigenvalue weighted by Gasteiger charge is -2.18. The highest BCUT2D eigenvalue weighted by Gasteiger charge is 2.38. The molecule has 9 heteroatoms. The van der Waals surface area contributed by atoms with Gasteiger partial charge in [-0.05, 0) is 13.8 Å². The Morgan fingerprint density at radius 2 is 1.89 bits per heavy atom. The van der Waals surface area contributed by atoms with Crippen LogP contribution in [-0.2, 0) is 4.79 Å². The van der Waals surface area contributed by atoms with Gasteiger partial charge in [-0.1, -0.05) is 0 Å². The molecule has 0 aromatic rings. The number of hydrogen-bond acceptors (Lipinski definition) is 4. The summed E-state index contributed by atoms with van der Waals surface area (Å²) in [5.74, 6) is -0.782. The molecule has 0 spiro atoms. The van der Waals surface area contributed by atoms with Crippen molar-refractivity contribution in [3.63, 3.8) is 0 Å². The number of alkyl halides is 3. The molecule has 0 fully saturated rings. The Morgan fingerprint density at radius 1 is 1.33 bits per heavy atom. The molecule has 18 heavy (non-hydrogen) atoms. The van der Waals surface area contributed by atoms with Gasteiger partial charge in [-0.3, -0.25) is 10.1 Å². The smallest absolute Gasteiger partial charge is 0.382 e. The van der Waals surface area contributed by atoms with E-state index in [2.05, 4.69) is 10.6 Å². The summed E-state index contributed by atoms with van der Waals surface area (Å²) in [5, 5.41) is 15.1. The predicted octanol–water partition coefficient (Wildman–Crippen LogP) is -0.267. The normalized spacial score (nSPS) is 14.8. The van der Waals surface area contributed by atoms with Gasteiger partial charge in [0.1, 0.15) is 0 Å². The predicted molar refractivity (Wildman–Crippen MR) is 56.7 cm³/mol. The Kier molecular flexibility index (Phi) is 6.63. The quantitative estimate of drug-likeness (QED) is 0.554. The first-order valence-electron chi connectivity index (χ1n) is 5.25. The minimum atomic E-state index is -4.75. The van der Waals surface area contributed by atoms with E-state index in [1.165, 1.54) is 6.92 Å². The minimum Gasteiger partial charge on any atom is -0.382 e. The monoisotopic (exact) mass is 271 g/mol. The third kappa shape index (κ3) is 6.40. The van der Waals surface area contributed by atoms with Crippen LogP contribution in [0.3, 0.4) is 0 Å². The zero-order chi connectivity index (χ0) is 14.3. The number of carbonyl (C=O) groups excluding carboxylic acids is 2. The fourth-order valence-corrected chi connectivity index (χ4v) is 0.922. The van der Waals surface area contributed by atoms with E-state index in [0.29, 0.717) is 6.54 Å². The molecule has 0 bridgehead atoms. The molecule has 0 aliphatic heterocycles. The average molecular weight is 271 g/mol. The molecule has 2 atom stereocenters. The summed E-state index contributed by atoms with van der Waals surface area (Å²) >= 11 is 0. The maximum atomic E-state index is 12.0. The van der Waals surface area contributed by atoms with Crippen LogP contribution in [-0.4, -0.2) is 48.5 Å². The summed E-state index contributed by atoms with van der Waals surface area (Å²) in [5.41, 5.74) is 0. The molecule has 0 radical (unpaired) electrons. The summed E-state index contributed by atoms with van der Waals surface area (Å²) in [6.45, 7) is 2.41. The second-order valence-electron chi connectivity index (χ2n) is 3.54. The van der Waals surface area contributed by atoms with Gasteiger partial charge in [-0.25, -0.2) is 4.79 Å². The fourth-order valence-electron chi connectivity index (χ4n) is 0.922. The van der Waals surface area contributed by atoms with Gasteiger partial charge in [-0.2, -0.15) is 13.2 Å². The van der Waals surface area contributed by atoms with Crippen molar-refractivity contribution < 1.29 is 27.9 Å². The molecule has 0 aliphatic carbocycles. The summed E-state index contributed by atoms with van der Waals surface area (Å²) in [6, 6.07) is -1.77. The number of urea groups is 1. The number of nitrogens with one attached hydrogen (secondary N) is 3. The first-order chi connectivity index (χ1) is 8.18. The van der Waals surface area contributed by atoms with Crippen LogP contribution >= 0.6 is 0 Å². The van der Waals surface area contributed by atoms with E-state index in [1.807, 2.05) is 5.32 Å². The van der Waals surface area contributed by atoms with Crippen LogP contribution < -0.4 is 16.0 Å². The standard InChI is InChI=1S/C9H16F3N3O3/c1-3-13-8(18)15-7(17)5(2)14-4-6(16)9(10,11)12/h5-6,14,16H,3-4H2,1-2H3,(H2,13,15,17,18). The molecule has 106 valence electrons. The van der Waals surface area contributed by atoms with E-state index in [0.717, 1.165) is 0 Å². The molecule has 3 amide bonds. The van der Waals surface area contributed by atoms with E-state index in [4.69, 9.17) is 5.11 Å². The van der Waals surface area contributed by atoms with Crippen molar-refractivity contribution in [2.75, 3.05) is 13.1 Å². The SMILES string of the molecule is CCNC(=O)NC(=O)C(C)NCC(O)C(F)(F)F. The Balaban J connectivity index is 4.06. The van der Waals surface area contributed by atoms with Crippen LogP contribution in [0.1, 0.15) is 13.8 Å². The third-order valence-corrected chi connectivity index (χ3v) is 1.96. The van der Waals surface area contributed by atoms with Crippen LogP contribution in [0, 0.1) is 0 Å². The molecule has 2 unspecified atom stereocenters. The Labute approximate surface area is 102 Å². The highest BCUT2D eigenvalue weighted by Crippen LogP contribution is 2.19. The number of halogens is 3. The number of rotatable bonds is 5. The van der Waals surface area contributed by atoms with E-state index in [1.54, 1.807) is 6.92 Å². The van der Waals surface area contributed by atoms with Crippen LogP contribution in [0.5, 0.6) is 0 Å². The lowest BCUT2D eigenvalue weighted by molar-refractivity contribution is -0.202. The van der Waals surface area contributed by atoms with Gasteiger partial charge in [0, 0.05) is 13.1 Å². The van der Waals surface area contributed by atoms with Gasteiger partial charge in [0.25, 0.3) is 0 Å². The summed E-state index contributed by atoms with van der Waals surface area (Å²) in [6.07, 6.45) is -7.31.